The SMILES string of the molecule is COCCCNC(=O)CNCC(C)(C)OC. The van der Waals surface area contributed by atoms with E-state index in [1.54, 1.807) is 14.2 Å². The van der Waals surface area contributed by atoms with Gasteiger partial charge >= 0.3 is 0 Å². The summed E-state index contributed by atoms with van der Waals surface area (Å²) >= 11 is 0. The molecule has 1 amide bonds. The third-order valence-electron chi connectivity index (χ3n) is 2.24. The van der Waals surface area contributed by atoms with Gasteiger partial charge in [-0.1, -0.05) is 0 Å². The molecule has 0 aromatic rings. The zero-order valence-electron chi connectivity index (χ0n) is 10.8. The van der Waals surface area contributed by atoms with Crippen molar-refractivity contribution in [3.63, 3.8) is 0 Å². The maximum absolute atomic E-state index is 11.3. The van der Waals surface area contributed by atoms with Gasteiger partial charge in [-0.25, -0.2) is 0 Å². The Morgan fingerprint density at radius 3 is 2.56 bits per heavy atom. The first-order valence-corrected chi connectivity index (χ1v) is 5.53. The van der Waals surface area contributed by atoms with Gasteiger partial charge < -0.3 is 20.1 Å². The zero-order valence-corrected chi connectivity index (χ0v) is 10.8. The number of nitrogens with one attached hydrogen (secondary N) is 2. The number of methoxy groups -OCH3 is 2. The first-order chi connectivity index (χ1) is 7.52. The van der Waals surface area contributed by atoms with Crippen LogP contribution in [0.4, 0.5) is 0 Å². The van der Waals surface area contributed by atoms with Crippen molar-refractivity contribution < 1.29 is 14.3 Å². The predicted octanol–water partition coefficient (Wildman–Crippen LogP) is 0.154. The standard InChI is InChI=1S/C11H24N2O3/c1-11(2,16-4)9-12-8-10(14)13-6-5-7-15-3/h12H,5-9H2,1-4H3,(H,13,14). The van der Waals surface area contributed by atoms with Crippen LogP contribution in [0.2, 0.25) is 0 Å². The van der Waals surface area contributed by atoms with Crippen LogP contribution in [0.3, 0.4) is 0 Å². The minimum Gasteiger partial charge on any atom is -0.385 e. The van der Waals surface area contributed by atoms with Gasteiger partial charge in [-0.2, -0.15) is 0 Å². The Balaban J connectivity index is 3.44. The molecule has 0 rings (SSSR count). The van der Waals surface area contributed by atoms with E-state index in [1.807, 2.05) is 13.8 Å². The van der Waals surface area contributed by atoms with E-state index in [9.17, 15) is 4.79 Å². The number of hydrogen-bond acceptors (Lipinski definition) is 4. The van der Waals surface area contributed by atoms with Gasteiger partial charge in [0.25, 0.3) is 0 Å². The first-order valence-electron chi connectivity index (χ1n) is 5.53. The number of rotatable bonds is 9. The summed E-state index contributed by atoms with van der Waals surface area (Å²) in [6.45, 7) is 6.23. The van der Waals surface area contributed by atoms with E-state index in [0.29, 0.717) is 26.2 Å². The smallest absolute Gasteiger partial charge is 0.233 e. The lowest BCUT2D eigenvalue weighted by Crippen LogP contribution is -2.42. The average Bonchev–Trinajstić information content (AvgIpc) is 2.24. The summed E-state index contributed by atoms with van der Waals surface area (Å²) < 4.78 is 10.1. The summed E-state index contributed by atoms with van der Waals surface area (Å²) in [4.78, 5) is 11.3. The van der Waals surface area contributed by atoms with Crippen molar-refractivity contribution in [1.29, 1.82) is 0 Å². The minimum absolute atomic E-state index is 0.00278. The summed E-state index contributed by atoms with van der Waals surface area (Å²) in [5, 5.41) is 5.85. The monoisotopic (exact) mass is 232 g/mol. The molecule has 0 spiro atoms. The van der Waals surface area contributed by atoms with E-state index in [0.717, 1.165) is 6.42 Å². The Labute approximate surface area is 97.9 Å². The predicted molar refractivity (Wildman–Crippen MR) is 63.5 cm³/mol. The Bertz CT molecular complexity index is 196. The Morgan fingerprint density at radius 1 is 1.31 bits per heavy atom. The molecule has 0 unspecified atom stereocenters. The van der Waals surface area contributed by atoms with Gasteiger partial charge in [-0.3, -0.25) is 4.79 Å². The van der Waals surface area contributed by atoms with Crippen LogP contribution in [-0.4, -0.2) is 52.0 Å². The van der Waals surface area contributed by atoms with Crippen LogP contribution in [0.5, 0.6) is 0 Å². The van der Waals surface area contributed by atoms with Crippen molar-refractivity contribution in [3.8, 4) is 0 Å². The molecule has 0 aromatic heterocycles. The highest BCUT2D eigenvalue weighted by Gasteiger charge is 2.15. The Kier molecular flexibility index (Phi) is 8.15. The molecule has 0 bridgehead atoms. The van der Waals surface area contributed by atoms with Gasteiger partial charge in [0.2, 0.25) is 5.91 Å². The summed E-state index contributed by atoms with van der Waals surface area (Å²) in [6, 6.07) is 0. The molecule has 0 aliphatic rings. The van der Waals surface area contributed by atoms with Crippen molar-refractivity contribution in [3.05, 3.63) is 0 Å². The van der Waals surface area contributed by atoms with E-state index >= 15 is 0 Å². The molecule has 0 aliphatic heterocycles. The van der Waals surface area contributed by atoms with Crippen LogP contribution in [0.15, 0.2) is 0 Å². The first kappa shape index (κ1) is 15.3. The molecule has 2 N–H and O–H groups in total. The summed E-state index contributed by atoms with van der Waals surface area (Å²) in [5.41, 5.74) is -0.240. The van der Waals surface area contributed by atoms with Gasteiger partial charge in [-0.05, 0) is 20.3 Å². The Hall–Kier alpha value is -0.650. The van der Waals surface area contributed by atoms with Crippen LogP contribution in [-0.2, 0) is 14.3 Å². The fourth-order valence-electron chi connectivity index (χ4n) is 1.06. The van der Waals surface area contributed by atoms with Gasteiger partial charge in [-0.15, -0.1) is 0 Å². The second kappa shape index (κ2) is 8.50. The molecule has 0 saturated heterocycles. The lowest BCUT2D eigenvalue weighted by atomic mass is 10.1. The van der Waals surface area contributed by atoms with Crippen molar-refractivity contribution in [1.82, 2.24) is 10.6 Å². The number of ether oxygens (including phenoxy) is 2. The van der Waals surface area contributed by atoms with E-state index in [1.165, 1.54) is 0 Å². The maximum atomic E-state index is 11.3. The quantitative estimate of drug-likeness (QED) is 0.556. The number of hydrogen-bond donors (Lipinski definition) is 2. The lowest BCUT2D eigenvalue weighted by molar-refractivity contribution is -0.120. The Morgan fingerprint density at radius 2 is 2.00 bits per heavy atom. The molecule has 0 saturated carbocycles. The zero-order chi connectivity index (χ0) is 12.4. The second-order valence-electron chi connectivity index (χ2n) is 4.26. The number of amides is 1. The van der Waals surface area contributed by atoms with Gasteiger partial charge in [0.1, 0.15) is 0 Å². The van der Waals surface area contributed by atoms with Crippen LogP contribution < -0.4 is 10.6 Å². The van der Waals surface area contributed by atoms with Crippen LogP contribution in [0.1, 0.15) is 20.3 Å². The van der Waals surface area contributed by atoms with Crippen molar-refractivity contribution in [2.24, 2.45) is 0 Å². The molecule has 0 aromatic carbocycles. The largest absolute Gasteiger partial charge is 0.385 e. The molecule has 5 heteroatoms. The number of carbonyl (C=O) groups excluding carboxylic acids is 1. The highest BCUT2D eigenvalue weighted by Crippen LogP contribution is 2.03. The van der Waals surface area contributed by atoms with Gasteiger partial charge in [0, 0.05) is 33.9 Å². The van der Waals surface area contributed by atoms with Crippen LogP contribution in [0.25, 0.3) is 0 Å². The summed E-state index contributed by atoms with van der Waals surface area (Å²) in [7, 11) is 3.31. The third kappa shape index (κ3) is 8.64. The van der Waals surface area contributed by atoms with Crippen LogP contribution in [0, 0.1) is 0 Å². The third-order valence-corrected chi connectivity index (χ3v) is 2.24. The molecule has 0 heterocycles. The molecule has 5 nitrogen and oxygen atoms in total. The van der Waals surface area contributed by atoms with Crippen molar-refractivity contribution in [2.45, 2.75) is 25.9 Å². The molecule has 0 aliphatic carbocycles. The van der Waals surface area contributed by atoms with Crippen LogP contribution >= 0.6 is 0 Å². The van der Waals surface area contributed by atoms with E-state index in [-0.39, 0.29) is 11.5 Å². The van der Waals surface area contributed by atoms with E-state index in [2.05, 4.69) is 10.6 Å². The van der Waals surface area contributed by atoms with E-state index in [4.69, 9.17) is 9.47 Å². The number of carbonyl (C=O) groups is 1. The van der Waals surface area contributed by atoms with Gasteiger partial charge in [0.05, 0.1) is 12.1 Å². The van der Waals surface area contributed by atoms with Crippen molar-refractivity contribution in [2.75, 3.05) is 40.5 Å². The lowest BCUT2D eigenvalue weighted by Gasteiger charge is -2.22. The topological polar surface area (TPSA) is 59.6 Å². The molecule has 0 radical (unpaired) electrons. The molecular weight excluding hydrogens is 208 g/mol. The fraction of sp³-hybridized carbons (Fsp3) is 0.909. The molecule has 96 valence electrons. The second-order valence-corrected chi connectivity index (χ2v) is 4.26. The summed E-state index contributed by atoms with van der Waals surface area (Å²) in [5.74, 6) is 0.00278. The average molecular weight is 232 g/mol. The van der Waals surface area contributed by atoms with Crippen molar-refractivity contribution >= 4 is 5.91 Å². The van der Waals surface area contributed by atoms with Gasteiger partial charge in [0.15, 0.2) is 0 Å². The minimum atomic E-state index is -0.240. The summed E-state index contributed by atoms with van der Waals surface area (Å²) in [6.07, 6.45) is 0.839. The molecular formula is C11H24N2O3. The fourth-order valence-corrected chi connectivity index (χ4v) is 1.06. The maximum Gasteiger partial charge on any atom is 0.233 e. The molecule has 16 heavy (non-hydrogen) atoms. The molecule has 0 atom stereocenters. The molecule has 0 fully saturated rings. The highest BCUT2D eigenvalue weighted by molar-refractivity contribution is 5.77. The normalized spacial score (nSPS) is 11.5. The van der Waals surface area contributed by atoms with E-state index < -0.39 is 0 Å². The highest BCUT2D eigenvalue weighted by atomic mass is 16.5.